The Kier molecular flexibility index (Phi) is 5.20. The van der Waals surface area contributed by atoms with E-state index in [1.54, 1.807) is 0 Å². The number of hydrogen-bond acceptors (Lipinski definition) is 6. The van der Waals surface area contributed by atoms with Gasteiger partial charge in [0.25, 0.3) is 0 Å². The molecular formula is C19H30N6O. The minimum atomic E-state index is -0.122. The Labute approximate surface area is 155 Å². The molecule has 2 fully saturated rings. The summed E-state index contributed by atoms with van der Waals surface area (Å²) in [5.74, 6) is 1.74. The monoisotopic (exact) mass is 358 g/mol. The molecule has 3 atom stereocenters. The summed E-state index contributed by atoms with van der Waals surface area (Å²) in [7, 11) is 0. The summed E-state index contributed by atoms with van der Waals surface area (Å²) in [4.78, 5) is 24.2. The Morgan fingerprint density at radius 1 is 1.38 bits per heavy atom. The summed E-state index contributed by atoms with van der Waals surface area (Å²) in [6, 6.07) is 0.556. The lowest BCUT2D eigenvalue weighted by Crippen LogP contribution is -2.47. The van der Waals surface area contributed by atoms with Crippen LogP contribution in [-0.4, -0.2) is 45.9 Å². The maximum Gasteiger partial charge on any atom is 0.241 e. The smallest absolute Gasteiger partial charge is 0.241 e. The predicted octanol–water partition coefficient (Wildman–Crippen LogP) is 1.07. The van der Waals surface area contributed by atoms with Crippen LogP contribution in [0.3, 0.4) is 0 Å². The number of aromatic nitrogens is 2. The first-order valence-electron chi connectivity index (χ1n) is 9.98. The molecule has 26 heavy (non-hydrogen) atoms. The Morgan fingerprint density at radius 2 is 2.27 bits per heavy atom. The van der Waals surface area contributed by atoms with Crippen LogP contribution in [0.15, 0.2) is 6.20 Å². The molecule has 3 unspecified atom stereocenters. The van der Waals surface area contributed by atoms with E-state index in [-0.39, 0.29) is 11.9 Å². The molecule has 0 aromatic carbocycles. The average Bonchev–Trinajstić information content (AvgIpc) is 3.31. The van der Waals surface area contributed by atoms with Crippen molar-refractivity contribution in [3.05, 3.63) is 23.3 Å². The molecule has 0 radical (unpaired) electrons. The number of rotatable bonds is 4. The number of nitrogens with zero attached hydrogens (tertiary/aromatic N) is 3. The largest absolute Gasteiger partial charge is 0.336 e. The molecule has 1 aromatic rings. The quantitative estimate of drug-likeness (QED) is 0.747. The summed E-state index contributed by atoms with van der Waals surface area (Å²) in [6.45, 7) is 6.85. The van der Waals surface area contributed by atoms with Crippen LogP contribution in [0.5, 0.6) is 0 Å². The Hall–Kier alpha value is -1.57. The number of carbonyl (C=O) groups excluding carboxylic acids is 1. The van der Waals surface area contributed by atoms with E-state index in [9.17, 15) is 4.79 Å². The van der Waals surface area contributed by atoms with E-state index in [1.807, 2.05) is 11.1 Å². The fraction of sp³-hybridized carbons (Fsp3) is 0.737. The molecule has 0 saturated carbocycles. The van der Waals surface area contributed by atoms with E-state index < -0.39 is 0 Å². The van der Waals surface area contributed by atoms with Gasteiger partial charge in [-0.2, -0.15) is 0 Å². The van der Waals surface area contributed by atoms with Crippen LogP contribution in [0.25, 0.3) is 0 Å². The lowest BCUT2D eigenvalue weighted by atomic mass is 9.99. The highest BCUT2D eigenvalue weighted by molar-refractivity contribution is 5.82. The zero-order chi connectivity index (χ0) is 18.1. The number of hydrazine groups is 1. The highest BCUT2D eigenvalue weighted by Crippen LogP contribution is 2.24. The Morgan fingerprint density at radius 3 is 3.04 bits per heavy atom. The number of nitrogens with one attached hydrogen (secondary N) is 3. The molecule has 3 N–H and O–H groups in total. The van der Waals surface area contributed by atoms with Gasteiger partial charge in [-0.25, -0.2) is 15.4 Å². The van der Waals surface area contributed by atoms with Crippen molar-refractivity contribution in [2.24, 2.45) is 5.92 Å². The number of hydrogen-bond donors (Lipinski definition) is 3. The van der Waals surface area contributed by atoms with Crippen LogP contribution >= 0.6 is 0 Å². The molecule has 1 amide bonds. The van der Waals surface area contributed by atoms with Crippen molar-refractivity contribution in [2.45, 2.75) is 70.6 Å². The van der Waals surface area contributed by atoms with Crippen LogP contribution < -0.4 is 16.2 Å². The number of carbonyl (C=O) groups is 1. The van der Waals surface area contributed by atoms with E-state index in [2.05, 4.69) is 35.0 Å². The van der Waals surface area contributed by atoms with Gasteiger partial charge in [0.05, 0.1) is 11.7 Å². The van der Waals surface area contributed by atoms with E-state index in [4.69, 9.17) is 4.98 Å². The highest BCUT2D eigenvalue weighted by atomic mass is 16.2. The third-order valence-corrected chi connectivity index (χ3v) is 5.67. The molecular weight excluding hydrogens is 328 g/mol. The normalized spacial score (nSPS) is 28.6. The maximum absolute atomic E-state index is 12.9. The minimum absolute atomic E-state index is 0.122. The molecule has 3 aliphatic heterocycles. The fourth-order valence-corrected chi connectivity index (χ4v) is 4.32. The lowest BCUT2D eigenvalue weighted by Gasteiger charge is -2.30. The fourth-order valence-electron chi connectivity index (χ4n) is 4.32. The van der Waals surface area contributed by atoms with Crippen LogP contribution in [0.2, 0.25) is 0 Å². The van der Waals surface area contributed by atoms with E-state index >= 15 is 0 Å². The van der Waals surface area contributed by atoms with Crippen molar-refractivity contribution in [1.82, 2.24) is 31.0 Å². The summed E-state index contributed by atoms with van der Waals surface area (Å²) in [6.07, 6.45) is 7.00. The summed E-state index contributed by atoms with van der Waals surface area (Å²) < 4.78 is 0. The molecule has 0 spiro atoms. The van der Waals surface area contributed by atoms with Crippen LogP contribution in [0.4, 0.5) is 0 Å². The topological polar surface area (TPSA) is 82.2 Å². The van der Waals surface area contributed by atoms with Crippen LogP contribution in [0.1, 0.15) is 62.7 Å². The molecule has 7 nitrogen and oxygen atoms in total. The van der Waals surface area contributed by atoms with Crippen molar-refractivity contribution >= 4 is 5.91 Å². The van der Waals surface area contributed by atoms with Gasteiger partial charge in [-0.1, -0.05) is 13.8 Å². The number of fused-ring (bicyclic) bond motifs is 1. The molecule has 2 saturated heterocycles. The van der Waals surface area contributed by atoms with Gasteiger partial charge in [-0.15, -0.1) is 0 Å². The zero-order valence-corrected chi connectivity index (χ0v) is 15.8. The second kappa shape index (κ2) is 7.58. The average molecular weight is 358 g/mol. The number of amides is 1. The molecule has 0 aliphatic carbocycles. The molecule has 7 heteroatoms. The summed E-state index contributed by atoms with van der Waals surface area (Å²) in [5, 5.41) is 3.46. The first kappa shape index (κ1) is 17.8. The van der Waals surface area contributed by atoms with Gasteiger partial charge >= 0.3 is 0 Å². The lowest BCUT2D eigenvalue weighted by molar-refractivity contribution is -0.134. The van der Waals surface area contributed by atoms with Crippen LogP contribution in [-0.2, 0) is 17.8 Å². The molecule has 0 bridgehead atoms. The first-order valence-corrected chi connectivity index (χ1v) is 9.98. The zero-order valence-electron chi connectivity index (χ0n) is 15.8. The highest BCUT2D eigenvalue weighted by Gasteiger charge is 2.34. The maximum atomic E-state index is 12.9. The summed E-state index contributed by atoms with van der Waals surface area (Å²) in [5.41, 5.74) is 8.69. The molecule has 4 heterocycles. The van der Waals surface area contributed by atoms with E-state index in [0.717, 1.165) is 55.9 Å². The van der Waals surface area contributed by atoms with Gasteiger partial charge < -0.3 is 10.2 Å². The Bertz CT molecular complexity index is 657. The van der Waals surface area contributed by atoms with E-state index in [0.29, 0.717) is 24.5 Å². The van der Waals surface area contributed by atoms with Gasteiger partial charge in [0.15, 0.2) is 0 Å². The third-order valence-electron chi connectivity index (χ3n) is 5.67. The molecule has 3 aliphatic rings. The second-order valence-corrected chi connectivity index (χ2v) is 8.26. The molecule has 1 aromatic heterocycles. The van der Waals surface area contributed by atoms with Gasteiger partial charge in [0.1, 0.15) is 11.9 Å². The van der Waals surface area contributed by atoms with Crippen molar-refractivity contribution < 1.29 is 4.79 Å². The van der Waals surface area contributed by atoms with Gasteiger partial charge in [-0.3, -0.25) is 10.2 Å². The second-order valence-electron chi connectivity index (χ2n) is 8.26. The molecule has 4 rings (SSSR count). The van der Waals surface area contributed by atoms with Crippen molar-refractivity contribution in [2.75, 3.05) is 13.1 Å². The van der Waals surface area contributed by atoms with Crippen LogP contribution in [0, 0.1) is 5.92 Å². The van der Waals surface area contributed by atoms with Crippen molar-refractivity contribution in [1.29, 1.82) is 0 Å². The summed E-state index contributed by atoms with van der Waals surface area (Å²) >= 11 is 0. The van der Waals surface area contributed by atoms with Gasteiger partial charge in [-0.05, 0) is 38.1 Å². The van der Waals surface area contributed by atoms with Gasteiger partial charge in [0, 0.05) is 37.3 Å². The minimum Gasteiger partial charge on any atom is -0.336 e. The first-order chi connectivity index (χ1) is 12.6. The standard InChI is InChI=1S/C19H30N6O/c1-12(2)8-14-9-17(24-23-14)19(26)25-7-5-15-13(11-25)10-21-18(22-15)16-4-3-6-20-16/h10,12,14,16-17,20,23-24H,3-9,11H2,1-2H3. The third kappa shape index (κ3) is 3.75. The van der Waals surface area contributed by atoms with Crippen molar-refractivity contribution in [3.8, 4) is 0 Å². The van der Waals surface area contributed by atoms with Crippen molar-refractivity contribution in [3.63, 3.8) is 0 Å². The van der Waals surface area contributed by atoms with Gasteiger partial charge in [0.2, 0.25) is 5.91 Å². The SMILES string of the molecule is CC(C)CC1CC(C(=O)N2CCc3nc(C4CCCN4)ncc3C2)NN1. The molecule has 142 valence electrons. The van der Waals surface area contributed by atoms with E-state index in [1.165, 1.54) is 6.42 Å². The predicted molar refractivity (Wildman–Crippen MR) is 99.1 cm³/mol. The Balaban J connectivity index is 1.38.